The predicted molar refractivity (Wildman–Crippen MR) is 78.8 cm³/mol. The third-order valence-corrected chi connectivity index (χ3v) is 2.66. The summed E-state index contributed by atoms with van der Waals surface area (Å²) in [5, 5.41) is 3.26. The van der Waals surface area contributed by atoms with Crippen LogP contribution in [-0.2, 0) is 9.53 Å². The first-order chi connectivity index (χ1) is 8.90. The Kier molecular flexibility index (Phi) is 9.83. The molecule has 19 heavy (non-hydrogen) atoms. The molecule has 0 aromatic rings. The summed E-state index contributed by atoms with van der Waals surface area (Å²) in [5.74, 6) is -0.169. The molecule has 0 rings (SSSR count). The van der Waals surface area contributed by atoms with Gasteiger partial charge in [-0.2, -0.15) is 0 Å². The summed E-state index contributed by atoms with van der Waals surface area (Å²) >= 11 is 0. The maximum atomic E-state index is 12.1. The van der Waals surface area contributed by atoms with E-state index in [0.29, 0.717) is 13.1 Å². The number of rotatable bonds is 10. The van der Waals surface area contributed by atoms with E-state index in [4.69, 9.17) is 16.2 Å². The molecule has 0 aliphatic carbocycles. The maximum Gasteiger partial charge on any atom is 0.323 e. The van der Waals surface area contributed by atoms with Gasteiger partial charge in [-0.1, -0.05) is 6.42 Å². The number of hydrogen-bond acceptors (Lipinski definition) is 5. The fraction of sp³-hybridized carbons (Fsp3) is 0.929. The number of nitrogens with one attached hydrogen (secondary N) is 1. The van der Waals surface area contributed by atoms with Gasteiger partial charge in [-0.25, -0.2) is 0 Å². The Morgan fingerprint density at radius 1 is 1.11 bits per heavy atom. The monoisotopic (exact) mass is 273 g/mol. The molecule has 0 radical (unpaired) electrons. The van der Waals surface area contributed by atoms with Gasteiger partial charge in [-0.05, 0) is 66.1 Å². The van der Waals surface area contributed by atoms with Crippen molar-refractivity contribution in [3.63, 3.8) is 0 Å². The average Bonchev–Trinajstić information content (AvgIpc) is 2.30. The average molecular weight is 273 g/mol. The molecule has 0 saturated carbocycles. The Morgan fingerprint density at radius 3 is 2.21 bits per heavy atom. The van der Waals surface area contributed by atoms with Crippen molar-refractivity contribution in [1.82, 2.24) is 5.32 Å². The molecule has 1 atom stereocenters. The summed E-state index contributed by atoms with van der Waals surface area (Å²) in [7, 11) is 0. The Bertz CT molecular complexity index is 239. The molecule has 5 heteroatoms. The molecular weight excluding hydrogens is 242 g/mol. The fourth-order valence-corrected chi connectivity index (χ4v) is 1.71. The molecule has 5 nitrogen and oxygen atoms in total. The summed E-state index contributed by atoms with van der Waals surface area (Å²) < 4.78 is 5.43. The predicted octanol–water partition coefficient (Wildman–Crippen LogP) is 1.15. The van der Waals surface area contributed by atoms with Crippen LogP contribution in [0, 0.1) is 0 Å². The second kappa shape index (κ2) is 10.2. The van der Waals surface area contributed by atoms with Gasteiger partial charge in [0.2, 0.25) is 0 Å². The van der Waals surface area contributed by atoms with Crippen LogP contribution in [0.15, 0.2) is 0 Å². The Labute approximate surface area is 117 Å². The summed E-state index contributed by atoms with van der Waals surface area (Å²) in [6.45, 7) is 7.80. The molecule has 0 spiro atoms. The molecule has 0 aliphatic heterocycles. The maximum absolute atomic E-state index is 12.1. The lowest BCUT2D eigenvalue weighted by molar-refractivity contribution is -0.157. The zero-order chi connectivity index (χ0) is 14.7. The van der Waals surface area contributed by atoms with E-state index in [2.05, 4.69) is 5.32 Å². The van der Waals surface area contributed by atoms with E-state index in [-0.39, 0.29) is 12.0 Å². The zero-order valence-corrected chi connectivity index (χ0v) is 12.7. The third-order valence-electron chi connectivity index (χ3n) is 2.66. The normalized spacial score (nSPS) is 13.3. The smallest absolute Gasteiger partial charge is 0.323 e. The Hall–Kier alpha value is -0.650. The third kappa shape index (κ3) is 10.9. The molecular formula is C14H31N3O2. The van der Waals surface area contributed by atoms with Crippen molar-refractivity contribution in [2.45, 2.75) is 64.5 Å². The number of ether oxygens (including phenoxy) is 1. The summed E-state index contributed by atoms with van der Waals surface area (Å²) in [4.78, 5) is 12.1. The van der Waals surface area contributed by atoms with Gasteiger partial charge in [0.15, 0.2) is 0 Å². The first kappa shape index (κ1) is 18.4. The molecule has 0 aliphatic rings. The standard InChI is InChI=1S/C14H31N3O2/c1-14(2,3)19-13(18)12(8-4-5-9-15)17-11-7-6-10-16/h12,17H,4-11,15-16H2,1-3H3. The van der Waals surface area contributed by atoms with Gasteiger partial charge in [0, 0.05) is 0 Å². The van der Waals surface area contributed by atoms with Crippen LogP contribution in [0.4, 0.5) is 0 Å². The number of hydrogen-bond donors (Lipinski definition) is 3. The van der Waals surface area contributed by atoms with Crippen LogP contribution in [0.2, 0.25) is 0 Å². The molecule has 0 heterocycles. The van der Waals surface area contributed by atoms with Crippen molar-refractivity contribution in [3.05, 3.63) is 0 Å². The van der Waals surface area contributed by atoms with Gasteiger partial charge < -0.3 is 21.5 Å². The second-order valence-electron chi connectivity index (χ2n) is 5.82. The van der Waals surface area contributed by atoms with Crippen LogP contribution in [0.5, 0.6) is 0 Å². The van der Waals surface area contributed by atoms with Gasteiger partial charge in [0.05, 0.1) is 0 Å². The largest absolute Gasteiger partial charge is 0.459 e. The van der Waals surface area contributed by atoms with Gasteiger partial charge in [-0.3, -0.25) is 4.79 Å². The molecule has 0 fully saturated rings. The highest BCUT2D eigenvalue weighted by atomic mass is 16.6. The van der Waals surface area contributed by atoms with E-state index >= 15 is 0 Å². The quantitative estimate of drug-likeness (QED) is 0.410. The van der Waals surface area contributed by atoms with Crippen LogP contribution in [0.25, 0.3) is 0 Å². The van der Waals surface area contributed by atoms with Gasteiger partial charge in [0.25, 0.3) is 0 Å². The minimum Gasteiger partial charge on any atom is -0.459 e. The van der Waals surface area contributed by atoms with Crippen molar-refractivity contribution in [2.75, 3.05) is 19.6 Å². The second-order valence-corrected chi connectivity index (χ2v) is 5.82. The van der Waals surface area contributed by atoms with Crippen LogP contribution in [0.1, 0.15) is 52.9 Å². The molecule has 0 aromatic heterocycles. The van der Waals surface area contributed by atoms with Gasteiger partial charge in [-0.15, -0.1) is 0 Å². The zero-order valence-electron chi connectivity index (χ0n) is 12.7. The van der Waals surface area contributed by atoms with E-state index in [1.807, 2.05) is 20.8 Å². The van der Waals surface area contributed by atoms with Crippen molar-refractivity contribution in [1.29, 1.82) is 0 Å². The van der Waals surface area contributed by atoms with Crippen molar-refractivity contribution < 1.29 is 9.53 Å². The minimum atomic E-state index is -0.442. The number of nitrogens with two attached hydrogens (primary N) is 2. The number of carbonyl (C=O) groups excluding carboxylic acids is 1. The van der Waals surface area contributed by atoms with Gasteiger partial charge in [0.1, 0.15) is 11.6 Å². The SMILES string of the molecule is CC(C)(C)OC(=O)C(CCCCN)NCCCCN. The van der Waals surface area contributed by atoms with Crippen LogP contribution >= 0.6 is 0 Å². The highest BCUT2D eigenvalue weighted by Gasteiger charge is 2.24. The van der Waals surface area contributed by atoms with Crippen molar-refractivity contribution >= 4 is 5.97 Å². The molecule has 0 aromatic carbocycles. The van der Waals surface area contributed by atoms with E-state index in [1.165, 1.54) is 0 Å². The molecule has 5 N–H and O–H groups in total. The first-order valence-corrected chi connectivity index (χ1v) is 7.27. The van der Waals surface area contributed by atoms with Crippen LogP contribution in [0.3, 0.4) is 0 Å². The lowest BCUT2D eigenvalue weighted by Crippen LogP contribution is -2.41. The van der Waals surface area contributed by atoms with E-state index in [9.17, 15) is 4.79 Å². The summed E-state index contributed by atoms with van der Waals surface area (Å²) in [6, 6.07) is -0.233. The summed E-state index contributed by atoms with van der Waals surface area (Å²) in [5.41, 5.74) is 10.5. The van der Waals surface area contributed by atoms with E-state index < -0.39 is 5.60 Å². The lowest BCUT2D eigenvalue weighted by atomic mass is 10.1. The van der Waals surface area contributed by atoms with Crippen LogP contribution in [-0.4, -0.2) is 37.2 Å². The van der Waals surface area contributed by atoms with Crippen molar-refractivity contribution in [3.8, 4) is 0 Å². The van der Waals surface area contributed by atoms with Crippen molar-refractivity contribution in [2.24, 2.45) is 11.5 Å². The fourth-order valence-electron chi connectivity index (χ4n) is 1.71. The van der Waals surface area contributed by atoms with Gasteiger partial charge >= 0.3 is 5.97 Å². The van der Waals surface area contributed by atoms with E-state index in [0.717, 1.165) is 38.6 Å². The molecule has 114 valence electrons. The Morgan fingerprint density at radius 2 is 1.68 bits per heavy atom. The van der Waals surface area contributed by atoms with E-state index in [1.54, 1.807) is 0 Å². The first-order valence-electron chi connectivity index (χ1n) is 7.27. The number of carbonyl (C=O) groups is 1. The number of esters is 1. The Balaban J connectivity index is 4.18. The van der Waals surface area contributed by atoms with Crippen LogP contribution < -0.4 is 16.8 Å². The molecule has 0 amide bonds. The minimum absolute atomic E-state index is 0.169. The molecule has 0 bridgehead atoms. The summed E-state index contributed by atoms with van der Waals surface area (Å²) in [6.07, 6.45) is 4.59. The molecule has 0 saturated heterocycles. The lowest BCUT2D eigenvalue weighted by Gasteiger charge is -2.24. The molecule has 1 unspecified atom stereocenters. The highest BCUT2D eigenvalue weighted by Crippen LogP contribution is 2.11. The number of unbranched alkanes of at least 4 members (excludes halogenated alkanes) is 2. The highest BCUT2D eigenvalue weighted by molar-refractivity contribution is 5.76. The topological polar surface area (TPSA) is 90.4 Å².